The molecular formula is COSiTi. The summed E-state index contributed by atoms with van der Waals surface area (Å²) in [6.45, 7) is 0. The third-order valence-electron chi connectivity index (χ3n) is 0. The SMILES string of the molecule is [C].[O].[Si].[Ti]. The maximum Gasteiger partial charge on any atom is 0 e. The van der Waals surface area contributed by atoms with Crippen LogP contribution in [-0.4, -0.2) is 11.0 Å². The van der Waals surface area contributed by atoms with Crippen molar-refractivity contribution < 1.29 is 27.2 Å². The van der Waals surface area contributed by atoms with Crippen molar-refractivity contribution in [2.45, 2.75) is 0 Å². The average Bonchev–Trinajstić information content (AvgIpc) is 0. The Kier molecular flexibility index (Phi) is 955. The molecule has 0 rings (SSSR count). The van der Waals surface area contributed by atoms with Gasteiger partial charge >= 0.3 is 0 Å². The molecule has 0 fully saturated rings. The molecule has 0 spiro atoms. The van der Waals surface area contributed by atoms with E-state index in [1.165, 1.54) is 0 Å². The molecule has 0 aromatic heterocycles. The van der Waals surface area contributed by atoms with Gasteiger partial charge in [0, 0.05) is 45.6 Å². The molecule has 10 radical (unpaired) electrons. The molecule has 0 bridgehead atoms. The van der Waals surface area contributed by atoms with Crippen LogP contribution in [0.4, 0.5) is 0 Å². The normalized spacial score (nSPS) is 0. The Balaban J connectivity index is 0. The third kappa shape index (κ3) is 13.0. The Labute approximate surface area is 46.0 Å². The molecule has 0 heterocycles. The van der Waals surface area contributed by atoms with Gasteiger partial charge in [-0.05, 0) is 0 Å². The molecule has 0 aliphatic heterocycles. The second kappa shape index (κ2) is 41.0. The zero-order valence-electron chi connectivity index (χ0n) is 1.91. The zero-order valence-corrected chi connectivity index (χ0v) is 4.47. The van der Waals surface area contributed by atoms with Gasteiger partial charge in [-0.25, -0.2) is 0 Å². The standard InChI is InChI=1S/C.O.Si.Ti. The molecular weight excluding hydrogens is 104 g/mol. The molecule has 0 N–H and O–H groups in total. The molecule has 4 heavy (non-hydrogen) atoms. The zero-order chi connectivity index (χ0) is 0. The molecule has 0 aromatic carbocycles. The Hall–Kier alpha value is 0.891. The van der Waals surface area contributed by atoms with Crippen LogP contribution in [0.3, 0.4) is 0 Å². The Bertz CT molecular complexity index is 8.00. The van der Waals surface area contributed by atoms with Crippen LogP contribution in [0, 0.1) is 7.43 Å². The maximum atomic E-state index is 0. The minimum atomic E-state index is 0. The van der Waals surface area contributed by atoms with E-state index in [2.05, 4.69) is 0 Å². The van der Waals surface area contributed by atoms with E-state index in [4.69, 9.17) is 0 Å². The van der Waals surface area contributed by atoms with Crippen LogP contribution in [0.25, 0.3) is 0 Å². The third-order valence-corrected chi connectivity index (χ3v) is 0. The molecule has 0 atom stereocenters. The molecule has 0 aromatic rings. The number of hydrogen-bond donors (Lipinski definition) is 0. The molecule has 0 saturated heterocycles. The Morgan fingerprint density at radius 3 is 1.00 bits per heavy atom. The van der Waals surface area contributed by atoms with Crippen LogP contribution in [0.1, 0.15) is 0 Å². The van der Waals surface area contributed by atoms with Crippen LogP contribution in [-0.2, 0) is 27.2 Å². The summed E-state index contributed by atoms with van der Waals surface area (Å²) in [5.74, 6) is 0. The first-order chi connectivity index (χ1) is 0. The van der Waals surface area contributed by atoms with E-state index in [1.807, 2.05) is 0 Å². The molecule has 3 heteroatoms. The van der Waals surface area contributed by atoms with E-state index in [0.29, 0.717) is 0 Å². The smallest absolute Gasteiger partial charge is 0 e. The fourth-order valence-corrected chi connectivity index (χ4v) is 0. The predicted molar refractivity (Wildman–Crippen MR) is 9.68 cm³/mol. The molecule has 0 amide bonds. The quantitative estimate of drug-likeness (QED) is 0.373. The van der Waals surface area contributed by atoms with Crippen molar-refractivity contribution in [2.75, 3.05) is 0 Å². The van der Waals surface area contributed by atoms with Gasteiger partial charge in [0.2, 0.25) is 0 Å². The van der Waals surface area contributed by atoms with Crippen molar-refractivity contribution in [3.63, 3.8) is 0 Å². The first-order valence-electron chi connectivity index (χ1n) is 0. The summed E-state index contributed by atoms with van der Waals surface area (Å²) in [7, 11) is 0. The van der Waals surface area contributed by atoms with Gasteiger partial charge in [0.1, 0.15) is 0 Å². The molecule has 0 unspecified atom stereocenters. The van der Waals surface area contributed by atoms with Gasteiger partial charge in [0.05, 0.1) is 0 Å². The van der Waals surface area contributed by atoms with Gasteiger partial charge in [-0.1, -0.05) is 0 Å². The minimum Gasteiger partial charge on any atom is 0 e. The van der Waals surface area contributed by atoms with Crippen molar-refractivity contribution in [3.05, 3.63) is 7.43 Å². The fourth-order valence-electron chi connectivity index (χ4n) is 0. The predicted octanol–water partition coefficient (Wildman–Crippen LogP) is -0.421. The van der Waals surface area contributed by atoms with Gasteiger partial charge in [0.15, 0.2) is 0 Å². The molecule has 0 aliphatic carbocycles. The van der Waals surface area contributed by atoms with Gasteiger partial charge < -0.3 is 0 Å². The van der Waals surface area contributed by atoms with E-state index in [1.54, 1.807) is 0 Å². The van der Waals surface area contributed by atoms with Gasteiger partial charge in [0.25, 0.3) is 0 Å². The molecule has 0 aliphatic rings. The maximum absolute atomic E-state index is 0. The van der Waals surface area contributed by atoms with E-state index in [9.17, 15) is 0 Å². The number of rotatable bonds is 0. The Morgan fingerprint density at radius 1 is 1.00 bits per heavy atom. The summed E-state index contributed by atoms with van der Waals surface area (Å²) in [5.41, 5.74) is 0. The second-order valence-corrected chi connectivity index (χ2v) is 0. The van der Waals surface area contributed by atoms with Crippen LogP contribution in [0.15, 0.2) is 0 Å². The first kappa shape index (κ1) is 93.3. The van der Waals surface area contributed by atoms with E-state index in [-0.39, 0.29) is 45.6 Å². The van der Waals surface area contributed by atoms with Gasteiger partial charge in [-0.2, -0.15) is 0 Å². The van der Waals surface area contributed by atoms with Crippen molar-refractivity contribution >= 4 is 11.0 Å². The van der Waals surface area contributed by atoms with Crippen molar-refractivity contribution in [1.29, 1.82) is 0 Å². The van der Waals surface area contributed by atoms with Crippen LogP contribution in [0.5, 0.6) is 0 Å². The largest absolute Gasteiger partial charge is 0 e. The van der Waals surface area contributed by atoms with Crippen LogP contribution in [0.2, 0.25) is 0 Å². The summed E-state index contributed by atoms with van der Waals surface area (Å²) >= 11 is 0. The van der Waals surface area contributed by atoms with Gasteiger partial charge in [-0.3, -0.25) is 0 Å². The summed E-state index contributed by atoms with van der Waals surface area (Å²) in [4.78, 5) is 0. The summed E-state index contributed by atoms with van der Waals surface area (Å²) in [6, 6.07) is 0. The van der Waals surface area contributed by atoms with Crippen molar-refractivity contribution in [1.82, 2.24) is 0 Å². The molecule has 1 nitrogen and oxygen atoms in total. The second-order valence-electron chi connectivity index (χ2n) is 0. The number of hydrogen-bond acceptors (Lipinski definition) is 0. The van der Waals surface area contributed by atoms with Crippen molar-refractivity contribution in [2.24, 2.45) is 0 Å². The Morgan fingerprint density at radius 2 is 1.00 bits per heavy atom. The van der Waals surface area contributed by atoms with E-state index < -0.39 is 0 Å². The van der Waals surface area contributed by atoms with E-state index in [0.717, 1.165) is 0 Å². The summed E-state index contributed by atoms with van der Waals surface area (Å²) in [5, 5.41) is 0. The van der Waals surface area contributed by atoms with E-state index >= 15 is 0 Å². The molecule has 0 saturated carbocycles. The average molecular weight is 104 g/mol. The van der Waals surface area contributed by atoms with Crippen molar-refractivity contribution in [3.8, 4) is 0 Å². The minimum absolute atomic E-state index is 0. The van der Waals surface area contributed by atoms with Gasteiger partial charge in [-0.15, -0.1) is 0 Å². The topological polar surface area (TPSA) is 28.5 Å². The summed E-state index contributed by atoms with van der Waals surface area (Å²) in [6.07, 6.45) is 0. The monoisotopic (exact) mass is 104 g/mol. The first-order valence-corrected chi connectivity index (χ1v) is 0. The van der Waals surface area contributed by atoms with Crippen LogP contribution >= 0.6 is 0 Å². The summed E-state index contributed by atoms with van der Waals surface area (Å²) < 4.78 is 0. The molecule has 18 valence electrons. The fraction of sp³-hybridized carbons (Fsp3) is 0. The van der Waals surface area contributed by atoms with Crippen LogP contribution < -0.4 is 0 Å².